The number of hydrogen-bond donors (Lipinski definition) is 0. The first-order valence-electron chi connectivity index (χ1n) is 4.33. The number of halogens is 1. The molecule has 0 fully saturated rings. The molecule has 3 heteroatoms. The Morgan fingerprint density at radius 3 is 3.31 bits per heavy atom. The summed E-state index contributed by atoms with van der Waals surface area (Å²) >= 11 is 5.91. The molecule has 1 atom stereocenters. The first-order valence-corrected chi connectivity index (χ1v) is 4.71. The van der Waals surface area contributed by atoms with Crippen LogP contribution in [0.1, 0.15) is 11.1 Å². The molecule has 1 aliphatic heterocycles. The third kappa shape index (κ3) is 0.985. The van der Waals surface area contributed by atoms with Crippen molar-refractivity contribution in [3.05, 3.63) is 34.3 Å². The average Bonchev–Trinajstić information content (AvgIpc) is 2.62. The monoisotopic (exact) mass is 193 g/mol. The Morgan fingerprint density at radius 1 is 1.46 bits per heavy atom. The van der Waals surface area contributed by atoms with E-state index in [0.717, 1.165) is 23.8 Å². The van der Waals surface area contributed by atoms with E-state index in [0.29, 0.717) is 5.92 Å². The van der Waals surface area contributed by atoms with Crippen molar-refractivity contribution in [3.63, 3.8) is 0 Å². The van der Waals surface area contributed by atoms with Crippen LogP contribution in [0.3, 0.4) is 0 Å². The topological polar surface area (TPSA) is 21.6 Å². The van der Waals surface area contributed by atoms with Crippen LogP contribution in [0.2, 0.25) is 5.02 Å². The number of rotatable bonds is 0. The van der Waals surface area contributed by atoms with Crippen LogP contribution < -0.4 is 0 Å². The molecule has 1 aromatic carbocycles. The van der Waals surface area contributed by atoms with E-state index in [2.05, 4.69) is 5.16 Å². The van der Waals surface area contributed by atoms with Crippen molar-refractivity contribution in [1.29, 1.82) is 0 Å². The Morgan fingerprint density at radius 2 is 2.38 bits per heavy atom. The van der Waals surface area contributed by atoms with Crippen molar-refractivity contribution in [2.75, 3.05) is 6.61 Å². The van der Waals surface area contributed by atoms with Gasteiger partial charge in [-0.3, -0.25) is 0 Å². The molecule has 3 rings (SSSR count). The SMILES string of the molecule is Clc1ccc2c(c1)CC1CON=C21. The van der Waals surface area contributed by atoms with Crippen molar-refractivity contribution in [2.45, 2.75) is 6.42 Å². The molecule has 2 nitrogen and oxygen atoms in total. The van der Waals surface area contributed by atoms with Crippen LogP contribution in [0.4, 0.5) is 0 Å². The van der Waals surface area contributed by atoms with E-state index in [1.54, 1.807) is 0 Å². The summed E-state index contributed by atoms with van der Waals surface area (Å²) in [6.07, 6.45) is 1.02. The zero-order chi connectivity index (χ0) is 8.84. The molecule has 66 valence electrons. The number of benzene rings is 1. The van der Waals surface area contributed by atoms with Crippen LogP contribution in [0, 0.1) is 5.92 Å². The molecule has 0 spiro atoms. The Hall–Kier alpha value is -1.02. The first-order chi connectivity index (χ1) is 6.34. The molecule has 1 heterocycles. The second-order valence-corrected chi connectivity index (χ2v) is 3.91. The van der Waals surface area contributed by atoms with E-state index in [-0.39, 0.29) is 0 Å². The van der Waals surface area contributed by atoms with Gasteiger partial charge in [-0.2, -0.15) is 0 Å². The van der Waals surface area contributed by atoms with Gasteiger partial charge in [-0.15, -0.1) is 0 Å². The Labute approximate surface area is 81.1 Å². The summed E-state index contributed by atoms with van der Waals surface area (Å²) in [7, 11) is 0. The summed E-state index contributed by atoms with van der Waals surface area (Å²) in [5.41, 5.74) is 3.62. The largest absolute Gasteiger partial charge is 0.395 e. The molecular weight excluding hydrogens is 186 g/mol. The summed E-state index contributed by atoms with van der Waals surface area (Å²) in [6.45, 7) is 0.724. The summed E-state index contributed by atoms with van der Waals surface area (Å²) in [5.74, 6) is 0.466. The number of oxime groups is 1. The smallest absolute Gasteiger partial charge is 0.126 e. The molecule has 1 unspecified atom stereocenters. The van der Waals surface area contributed by atoms with Gasteiger partial charge in [0.2, 0.25) is 0 Å². The molecule has 0 saturated carbocycles. The predicted molar refractivity (Wildman–Crippen MR) is 51.1 cm³/mol. The van der Waals surface area contributed by atoms with Crippen molar-refractivity contribution < 1.29 is 4.84 Å². The van der Waals surface area contributed by atoms with Crippen LogP contribution in [0.15, 0.2) is 23.4 Å². The van der Waals surface area contributed by atoms with Crippen molar-refractivity contribution in [3.8, 4) is 0 Å². The van der Waals surface area contributed by atoms with E-state index in [9.17, 15) is 0 Å². The lowest BCUT2D eigenvalue weighted by Gasteiger charge is -1.98. The van der Waals surface area contributed by atoms with Gasteiger partial charge in [0.1, 0.15) is 6.61 Å². The molecule has 0 radical (unpaired) electrons. The molecule has 0 saturated heterocycles. The maximum atomic E-state index is 5.91. The fourth-order valence-electron chi connectivity index (χ4n) is 2.02. The fourth-order valence-corrected chi connectivity index (χ4v) is 2.22. The minimum atomic E-state index is 0.466. The summed E-state index contributed by atoms with van der Waals surface area (Å²) in [6, 6.07) is 5.96. The van der Waals surface area contributed by atoms with Crippen LogP contribution in [-0.2, 0) is 11.3 Å². The zero-order valence-corrected chi connectivity index (χ0v) is 7.71. The third-order valence-electron chi connectivity index (χ3n) is 2.63. The van der Waals surface area contributed by atoms with Crippen molar-refractivity contribution in [1.82, 2.24) is 0 Å². The molecule has 1 aromatic rings. The Kier molecular flexibility index (Phi) is 1.41. The quantitative estimate of drug-likeness (QED) is 0.619. The number of nitrogens with zero attached hydrogens (tertiary/aromatic N) is 1. The van der Waals surface area contributed by atoms with E-state index in [1.165, 1.54) is 11.1 Å². The second kappa shape index (κ2) is 2.48. The second-order valence-electron chi connectivity index (χ2n) is 3.47. The van der Waals surface area contributed by atoms with E-state index in [1.807, 2.05) is 18.2 Å². The lowest BCUT2D eigenvalue weighted by molar-refractivity contribution is 0.154. The highest BCUT2D eigenvalue weighted by atomic mass is 35.5. The summed E-state index contributed by atoms with van der Waals surface area (Å²) < 4.78 is 0. The molecule has 0 N–H and O–H groups in total. The van der Waals surface area contributed by atoms with Gasteiger partial charge in [0.15, 0.2) is 0 Å². The average molecular weight is 194 g/mol. The highest BCUT2D eigenvalue weighted by Gasteiger charge is 2.33. The molecule has 2 aliphatic rings. The lowest BCUT2D eigenvalue weighted by Crippen LogP contribution is -2.07. The molecule has 0 bridgehead atoms. The van der Waals surface area contributed by atoms with Gasteiger partial charge in [0.05, 0.1) is 5.71 Å². The van der Waals surface area contributed by atoms with E-state index < -0.39 is 0 Å². The highest BCUT2D eigenvalue weighted by molar-refractivity contribution is 6.30. The van der Waals surface area contributed by atoms with Crippen molar-refractivity contribution >= 4 is 17.3 Å². The molecule has 0 aromatic heterocycles. The van der Waals surface area contributed by atoms with Gasteiger partial charge in [-0.25, -0.2) is 0 Å². The van der Waals surface area contributed by atoms with Crippen LogP contribution in [0.5, 0.6) is 0 Å². The Bertz CT molecular complexity index is 400. The molecule has 0 amide bonds. The number of fused-ring (bicyclic) bond motifs is 3. The van der Waals surface area contributed by atoms with Gasteiger partial charge in [0.25, 0.3) is 0 Å². The third-order valence-corrected chi connectivity index (χ3v) is 2.87. The van der Waals surface area contributed by atoms with Gasteiger partial charge in [0, 0.05) is 16.5 Å². The minimum Gasteiger partial charge on any atom is -0.395 e. The van der Waals surface area contributed by atoms with Crippen molar-refractivity contribution in [2.24, 2.45) is 11.1 Å². The standard InChI is InChI=1S/C10H8ClNO/c11-8-1-2-9-6(4-8)3-7-5-13-12-10(7)9/h1-2,4,7H,3,5H2. The van der Waals surface area contributed by atoms with Gasteiger partial charge >= 0.3 is 0 Å². The van der Waals surface area contributed by atoms with E-state index in [4.69, 9.17) is 16.4 Å². The number of hydrogen-bond acceptors (Lipinski definition) is 2. The van der Waals surface area contributed by atoms with E-state index >= 15 is 0 Å². The van der Waals surface area contributed by atoms with Gasteiger partial charge < -0.3 is 4.84 Å². The minimum absolute atomic E-state index is 0.466. The Balaban J connectivity index is 2.17. The first kappa shape index (κ1) is 7.39. The van der Waals surface area contributed by atoms with Crippen LogP contribution in [0.25, 0.3) is 0 Å². The van der Waals surface area contributed by atoms with Gasteiger partial charge in [-0.1, -0.05) is 22.8 Å². The zero-order valence-electron chi connectivity index (χ0n) is 6.96. The fraction of sp³-hybridized carbons (Fsp3) is 0.300. The van der Waals surface area contributed by atoms with Crippen LogP contribution >= 0.6 is 11.6 Å². The lowest BCUT2D eigenvalue weighted by atomic mass is 10.1. The van der Waals surface area contributed by atoms with Gasteiger partial charge in [-0.05, 0) is 24.1 Å². The summed E-state index contributed by atoms with van der Waals surface area (Å²) in [4.78, 5) is 5.05. The maximum Gasteiger partial charge on any atom is 0.126 e. The normalized spacial score (nSPS) is 23.5. The van der Waals surface area contributed by atoms with Crippen LogP contribution in [-0.4, -0.2) is 12.3 Å². The molecular formula is C10H8ClNO. The maximum absolute atomic E-state index is 5.91. The predicted octanol–water partition coefficient (Wildman–Crippen LogP) is 2.25. The molecule has 1 aliphatic carbocycles. The molecule has 13 heavy (non-hydrogen) atoms. The summed E-state index contributed by atoms with van der Waals surface area (Å²) in [5, 5.41) is 4.85. The highest BCUT2D eigenvalue weighted by Crippen LogP contribution is 2.32.